The molecule has 11 heavy (non-hydrogen) atoms. The van der Waals surface area contributed by atoms with Crippen LogP contribution in [0, 0.1) is 11.8 Å². The molecule has 1 heterocycles. The van der Waals surface area contributed by atoms with Crippen LogP contribution < -0.4 is 0 Å². The quantitative estimate of drug-likeness (QED) is 0.432. The lowest BCUT2D eigenvalue weighted by molar-refractivity contribution is 0.764. The van der Waals surface area contributed by atoms with Crippen LogP contribution in [-0.2, 0) is 7.05 Å². The average molecular weight is 146 g/mol. The Morgan fingerprint density at radius 2 is 2.64 bits per heavy atom. The van der Waals surface area contributed by atoms with E-state index in [0.29, 0.717) is 0 Å². The highest BCUT2D eigenvalue weighted by Gasteiger charge is 1.87. The van der Waals surface area contributed by atoms with E-state index in [1.165, 1.54) is 0 Å². The van der Waals surface area contributed by atoms with Gasteiger partial charge in [-0.05, 0) is 12.0 Å². The summed E-state index contributed by atoms with van der Waals surface area (Å²) < 4.78 is 1.73. The normalized spacial score (nSPS) is 8.45. The minimum atomic E-state index is 0.719. The van der Waals surface area contributed by atoms with E-state index in [1.54, 1.807) is 10.8 Å². The van der Waals surface area contributed by atoms with Gasteiger partial charge in [0.2, 0.25) is 0 Å². The van der Waals surface area contributed by atoms with Crippen LogP contribution in [0.3, 0.4) is 0 Å². The first kappa shape index (κ1) is 7.62. The van der Waals surface area contributed by atoms with Crippen LogP contribution in [0.25, 0.3) is 0 Å². The monoisotopic (exact) mass is 146 g/mol. The fourth-order valence-electron chi connectivity index (χ4n) is 0.695. The molecule has 0 aliphatic heterocycles. The molecular weight excluding hydrogens is 136 g/mol. The smallest absolute Gasteiger partial charge is 0.135 e. The fourth-order valence-corrected chi connectivity index (χ4v) is 0.695. The highest BCUT2D eigenvalue weighted by Crippen LogP contribution is 1.90. The zero-order chi connectivity index (χ0) is 8.10. The van der Waals surface area contributed by atoms with Gasteiger partial charge >= 0.3 is 0 Å². The third kappa shape index (κ3) is 2.30. The molecule has 0 fully saturated rings. The molecule has 0 spiro atoms. The second-order valence-corrected chi connectivity index (χ2v) is 2.17. The highest BCUT2D eigenvalue weighted by molar-refractivity contribution is 5.26. The Balaban J connectivity index is 2.65. The molecule has 2 nitrogen and oxygen atoms in total. The third-order valence-electron chi connectivity index (χ3n) is 1.18. The summed E-state index contributed by atoms with van der Waals surface area (Å²) in [6.07, 6.45) is 4.37. The molecule has 0 aliphatic carbocycles. The van der Waals surface area contributed by atoms with Gasteiger partial charge in [0, 0.05) is 19.7 Å². The van der Waals surface area contributed by atoms with Gasteiger partial charge < -0.3 is 0 Å². The van der Waals surface area contributed by atoms with Crippen LogP contribution in [0.5, 0.6) is 0 Å². The van der Waals surface area contributed by atoms with Crippen LogP contribution >= 0.6 is 0 Å². The number of hydrogen-bond donors (Lipinski definition) is 0. The predicted octanol–water partition coefficient (Wildman–Crippen LogP) is 1.35. The topological polar surface area (TPSA) is 17.8 Å². The van der Waals surface area contributed by atoms with E-state index in [-0.39, 0.29) is 0 Å². The Bertz CT molecular complexity index is 299. The van der Waals surface area contributed by atoms with Crippen LogP contribution in [0.15, 0.2) is 24.9 Å². The summed E-state index contributed by atoms with van der Waals surface area (Å²) in [5, 5.41) is 4.09. The molecule has 0 saturated heterocycles. The number of allylic oxidation sites excluding steroid dienone is 1. The lowest BCUT2D eigenvalue weighted by Gasteiger charge is -1.80. The zero-order valence-electron chi connectivity index (χ0n) is 6.54. The van der Waals surface area contributed by atoms with Gasteiger partial charge in [-0.1, -0.05) is 12.0 Å². The van der Waals surface area contributed by atoms with Crippen molar-refractivity contribution in [2.75, 3.05) is 0 Å². The Hall–Kier alpha value is -1.49. The van der Waals surface area contributed by atoms with Gasteiger partial charge in [0.1, 0.15) is 5.69 Å². The van der Waals surface area contributed by atoms with E-state index in [4.69, 9.17) is 0 Å². The maximum Gasteiger partial charge on any atom is 0.135 e. The largest absolute Gasteiger partial charge is 0.275 e. The molecule has 1 aromatic heterocycles. The summed E-state index contributed by atoms with van der Waals surface area (Å²) in [6, 6.07) is 1.89. The molecule has 1 aromatic rings. The van der Waals surface area contributed by atoms with Crippen molar-refractivity contribution in [3.05, 3.63) is 30.6 Å². The van der Waals surface area contributed by atoms with Gasteiger partial charge in [-0.2, -0.15) is 5.10 Å². The molecule has 0 radical (unpaired) electrons. The summed E-state index contributed by atoms with van der Waals surface area (Å²) in [4.78, 5) is 0. The lowest BCUT2D eigenvalue weighted by Crippen LogP contribution is -1.87. The first-order valence-electron chi connectivity index (χ1n) is 3.42. The van der Waals surface area contributed by atoms with Crippen LogP contribution in [-0.4, -0.2) is 9.78 Å². The number of rotatable bonds is 1. The van der Waals surface area contributed by atoms with Gasteiger partial charge in [-0.25, -0.2) is 0 Å². The SMILES string of the molecule is C=CCC#Cc1ccn(C)n1. The van der Waals surface area contributed by atoms with Gasteiger partial charge in [0.05, 0.1) is 0 Å². The molecule has 0 aliphatic rings. The number of hydrogen-bond acceptors (Lipinski definition) is 1. The third-order valence-corrected chi connectivity index (χ3v) is 1.18. The lowest BCUT2D eigenvalue weighted by atomic mass is 10.4. The van der Waals surface area contributed by atoms with E-state index >= 15 is 0 Å². The molecule has 1 rings (SSSR count). The van der Waals surface area contributed by atoms with Crippen molar-refractivity contribution in [2.45, 2.75) is 6.42 Å². The van der Waals surface area contributed by atoms with Crippen LogP contribution in [0.4, 0.5) is 0 Å². The Kier molecular flexibility index (Phi) is 2.51. The van der Waals surface area contributed by atoms with Crippen LogP contribution in [0.1, 0.15) is 12.1 Å². The van der Waals surface area contributed by atoms with Crippen molar-refractivity contribution in [3.63, 3.8) is 0 Å². The summed E-state index contributed by atoms with van der Waals surface area (Å²) in [7, 11) is 1.87. The fraction of sp³-hybridized carbons (Fsp3) is 0.222. The van der Waals surface area contributed by atoms with E-state index in [1.807, 2.05) is 19.3 Å². The molecule has 0 aromatic carbocycles. The summed E-state index contributed by atoms with van der Waals surface area (Å²) in [5.74, 6) is 5.83. The van der Waals surface area contributed by atoms with Gasteiger partial charge in [0.25, 0.3) is 0 Å². The first-order chi connectivity index (χ1) is 5.33. The molecule has 0 bridgehead atoms. The average Bonchev–Trinajstić information content (AvgIpc) is 2.37. The summed E-state index contributed by atoms with van der Waals surface area (Å²) in [6.45, 7) is 3.57. The van der Waals surface area contributed by atoms with Crippen molar-refractivity contribution in [2.24, 2.45) is 7.05 Å². The molecule has 0 atom stereocenters. The van der Waals surface area contributed by atoms with Gasteiger partial charge in [-0.3, -0.25) is 4.68 Å². The minimum absolute atomic E-state index is 0.719. The van der Waals surface area contributed by atoms with E-state index in [0.717, 1.165) is 12.1 Å². The number of aryl methyl sites for hydroxylation is 1. The van der Waals surface area contributed by atoms with Crippen molar-refractivity contribution in [3.8, 4) is 11.8 Å². The summed E-state index contributed by atoms with van der Waals surface area (Å²) in [5.41, 5.74) is 0.814. The van der Waals surface area contributed by atoms with Gasteiger partial charge in [-0.15, -0.1) is 6.58 Å². The zero-order valence-corrected chi connectivity index (χ0v) is 6.54. The van der Waals surface area contributed by atoms with E-state index < -0.39 is 0 Å². The number of aromatic nitrogens is 2. The van der Waals surface area contributed by atoms with Crippen molar-refractivity contribution >= 4 is 0 Å². The Morgan fingerprint density at radius 3 is 3.18 bits per heavy atom. The first-order valence-corrected chi connectivity index (χ1v) is 3.42. The van der Waals surface area contributed by atoms with Crippen molar-refractivity contribution in [1.29, 1.82) is 0 Å². The van der Waals surface area contributed by atoms with Crippen molar-refractivity contribution < 1.29 is 0 Å². The molecule has 0 saturated carbocycles. The minimum Gasteiger partial charge on any atom is -0.275 e. The molecule has 56 valence electrons. The van der Waals surface area contributed by atoms with Crippen LogP contribution in [0.2, 0.25) is 0 Å². The maximum atomic E-state index is 4.09. The standard InChI is InChI=1S/C9H10N2/c1-3-4-5-6-9-7-8-11(2)10-9/h3,7-8H,1,4H2,2H3. The summed E-state index contributed by atoms with van der Waals surface area (Å²) >= 11 is 0. The molecule has 2 heteroatoms. The van der Waals surface area contributed by atoms with E-state index in [2.05, 4.69) is 23.5 Å². The van der Waals surface area contributed by atoms with Gasteiger partial charge in [0.15, 0.2) is 0 Å². The second kappa shape index (κ2) is 3.62. The second-order valence-electron chi connectivity index (χ2n) is 2.17. The Morgan fingerprint density at radius 1 is 1.82 bits per heavy atom. The number of nitrogens with zero attached hydrogens (tertiary/aromatic N) is 2. The van der Waals surface area contributed by atoms with E-state index in [9.17, 15) is 0 Å². The Labute approximate surface area is 66.5 Å². The molecule has 0 N–H and O–H groups in total. The molecule has 0 unspecified atom stereocenters. The highest BCUT2D eigenvalue weighted by atomic mass is 15.2. The molecule has 0 amide bonds. The van der Waals surface area contributed by atoms with Crippen molar-refractivity contribution in [1.82, 2.24) is 9.78 Å². The maximum absolute atomic E-state index is 4.09. The molecular formula is C9H10N2. The predicted molar refractivity (Wildman–Crippen MR) is 44.9 cm³/mol.